The molecule has 0 aliphatic rings. The highest BCUT2D eigenvalue weighted by molar-refractivity contribution is 6.05. The Morgan fingerprint density at radius 3 is 2.56 bits per heavy atom. The number of alkyl halides is 3. The molecule has 0 spiro atoms. The van der Waals surface area contributed by atoms with Gasteiger partial charge >= 0.3 is 6.18 Å². The number of fused-ring (bicyclic) bond motifs is 1. The van der Waals surface area contributed by atoms with Crippen molar-refractivity contribution in [2.75, 3.05) is 11.9 Å². The molecule has 0 fully saturated rings. The predicted octanol–water partition coefficient (Wildman–Crippen LogP) is 3.58. The van der Waals surface area contributed by atoms with Crippen LogP contribution in [0.2, 0.25) is 0 Å². The van der Waals surface area contributed by atoms with E-state index in [0.717, 1.165) is 17.7 Å². The third-order valence-electron chi connectivity index (χ3n) is 5.27. The van der Waals surface area contributed by atoms with Crippen molar-refractivity contribution in [3.8, 4) is 11.4 Å². The van der Waals surface area contributed by atoms with Crippen molar-refractivity contribution in [1.29, 1.82) is 0 Å². The van der Waals surface area contributed by atoms with Crippen molar-refractivity contribution >= 4 is 28.4 Å². The van der Waals surface area contributed by atoms with Gasteiger partial charge in [-0.05, 0) is 55.0 Å². The summed E-state index contributed by atoms with van der Waals surface area (Å²) in [5.74, 6) is -0.654. The van der Waals surface area contributed by atoms with Gasteiger partial charge in [0, 0.05) is 36.1 Å². The van der Waals surface area contributed by atoms with E-state index in [9.17, 15) is 22.8 Å². The fourth-order valence-electron chi connectivity index (χ4n) is 3.59. The van der Waals surface area contributed by atoms with Crippen molar-refractivity contribution in [2.24, 2.45) is 5.73 Å². The van der Waals surface area contributed by atoms with Crippen LogP contribution >= 0.6 is 0 Å². The monoisotopic (exact) mass is 468 g/mol. The Kier molecular flexibility index (Phi) is 5.78. The van der Waals surface area contributed by atoms with E-state index >= 15 is 0 Å². The third kappa shape index (κ3) is 4.45. The topological polar surface area (TPSA) is 107 Å². The van der Waals surface area contributed by atoms with Gasteiger partial charge < -0.3 is 10.6 Å². The number of nitrogens with zero attached hydrogens (tertiary/aromatic N) is 5. The van der Waals surface area contributed by atoms with Gasteiger partial charge in [0.2, 0.25) is 5.91 Å². The smallest absolute Gasteiger partial charge is 0.368 e. The summed E-state index contributed by atoms with van der Waals surface area (Å²) < 4.78 is 40.0. The third-order valence-corrected chi connectivity index (χ3v) is 5.27. The minimum Gasteiger partial charge on any atom is -0.368 e. The van der Waals surface area contributed by atoms with E-state index in [2.05, 4.69) is 15.1 Å². The summed E-state index contributed by atoms with van der Waals surface area (Å²) in [6.07, 6.45) is -1.68. The summed E-state index contributed by atoms with van der Waals surface area (Å²) in [6.45, 7) is 1.59. The fourth-order valence-corrected chi connectivity index (χ4v) is 3.59. The number of anilines is 1. The number of nitrogens with two attached hydrogens (primary N) is 1. The number of amides is 2. The zero-order valence-electron chi connectivity index (χ0n) is 18.2. The van der Waals surface area contributed by atoms with E-state index in [0.29, 0.717) is 22.6 Å². The van der Waals surface area contributed by atoms with Gasteiger partial charge in [-0.1, -0.05) is 0 Å². The molecule has 0 saturated carbocycles. The molecule has 2 heterocycles. The Hall–Kier alpha value is -4.28. The Balaban J connectivity index is 1.62. The number of rotatable bonds is 5. The van der Waals surface area contributed by atoms with Crippen molar-refractivity contribution in [3.63, 3.8) is 0 Å². The standard InChI is InChI=1S/C23H19F3N6O2/c1-13-9-14(21-28-11-15-10-16(23(24,25)26)4-5-17(15)30-21)3-6-18(13)31(2)22(34)19-7-8-29-32(19)12-20(27)33/h3-11H,12H2,1-2H3,(H2,27,33). The first-order valence-corrected chi connectivity index (χ1v) is 10.1. The first-order valence-electron chi connectivity index (χ1n) is 10.1. The van der Waals surface area contributed by atoms with Gasteiger partial charge in [-0.2, -0.15) is 18.3 Å². The summed E-state index contributed by atoms with van der Waals surface area (Å²) in [5.41, 5.74) is 7.03. The molecule has 174 valence electrons. The first-order chi connectivity index (χ1) is 16.0. The lowest BCUT2D eigenvalue weighted by Crippen LogP contribution is -2.31. The molecule has 2 N–H and O–H groups in total. The van der Waals surface area contributed by atoms with Crippen LogP contribution in [-0.4, -0.2) is 38.6 Å². The number of halogens is 3. The van der Waals surface area contributed by atoms with Crippen LogP contribution in [0.5, 0.6) is 0 Å². The zero-order valence-corrected chi connectivity index (χ0v) is 18.2. The molecule has 11 heteroatoms. The summed E-state index contributed by atoms with van der Waals surface area (Å²) in [4.78, 5) is 34.2. The van der Waals surface area contributed by atoms with Crippen molar-refractivity contribution in [2.45, 2.75) is 19.6 Å². The molecule has 2 amide bonds. The number of benzene rings is 2. The maximum atomic E-state index is 13.0. The minimum atomic E-state index is -4.44. The van der Waals surface area contributed by atoms with E-state index in [1.165, 1.54) is 34.1 Å². The second kappa shape index (κ2) is 8.58. The molecule has 0 aliphatic carbocycles. The fraction of sp³-hybridized carbons (Fsp3) is 0.174. The van der Waals surface area contributed by atoms with E-state index < -0.39 is 17.6 Å². The van der Waals surface area contributed by atoms with Crippen LogP contribution in [0.4, 0.5) is 18.9 Å². The van der Waals surface area contributed by atoms with Crippen LogP contribution in [0.1, 0.15) is 21.6 Å². The molecule has 0 bridgehead atoms. The highest BCUT2D eigenvalue weighted by Crippen LogP contribution is 2.32. The van der Waals surface area contributed by atoms with Crippen molar-refractivity contribution < 1.29 is 22.8 Å². The molecule has 0 radical (unpaired) electrons. The number of aromatic nitrogens is 4. The van der Waals surface area contributed by atoms with Gasteiger partial charge in [-0.25, -0.2) is 9.97 Å². The second-order valence-electron chi connectivity index (χ2n) is 7.67. The number of aryl methyl sites for hydroxylation is 1. The first kappa shape index (κ1) is 22.9. The van der Waals surface area contributed by atoms with Gasteiger partial charge in [-0.15, -0.1) is 0 Å². The molecule has 4 aromatic rings. The number of carbonyl (C=O) groups excluding carboxylic acids is 2. The number of hydrogen-bond donors (Lipinski definition) is 1. The van der Waals surface area contributed by atoms with Crippen LogP contribution in [0.25, 0.3) is 22.3 Å². The highest BCUT2D eigenvalue weighted by Gasteiger charge is 2.30. The molecule has 0 atom stereocenters. The summed E-state index contributed by atoms with van der Waals surface area (Å²) >= 11 is 0. The largest absolute Gasteiger partial charge is 0.416 e. The normalized spacial score (nSPS) is 11.6. The van der Waals surface area contributed by atoms with Gasteiger partial charge in [0.05, 0.1) is 11.1 Å². The van der Waals surface area contributed by atoms with Crippen LogP contribution in [0, 0.1) is 6.92 Å². The zero-order chi connectivity index (χ0) is 24.6. The average molecular weight is 468 g/mol. The van der Waals surface area contributed by atoms with Gasteiger partial charge in [0.1, 0.15) is 12.2 Å². The van der Waals surface area contributed by atoms with Crippen molar-refractivity contribution in [1.82, 2.24) is 19.7 Å². The van der Waals surface area contributed by atoms with Gasteiger partial charge in [-0.3, -0.25) is 14.3 Å². The average Bonchev–Trinajstić information content (AvgIpc) is 3.24. The summed E-state index contributed by atoms with van der Waals surface area (Å²) in [5, 5.41) is 4.25. The van der Waals surface area contributed by atoms with E-state index in [1.807, 2.05) is 0 Å². The van der Waals surface area contributed by atoms with Gasteiger partial charge in [0.25, 0.3) is 5.91 Å². The molecular weight excluding hydrogens is 449 g/mol. The van der Waals surface area contributed by atoms with Crippen LogP contribution in [0.3, 0.4) is 0 Å². The Bertz CT molecular complexity index is 1410. The molecule has 2 aromatic carbocycles. The Morgan fingerprint density at radius 2 is 1.88 bits per heavy atom. The molecule has 8 nitrogen and oxygen atoms in total. The number of carbonyl (C=O) groups is 2. The van der Waals surface area contributed by atoms with E-state index in [1.54, 1.807) is 32.2 Å². The predicted molar refractivity (Wildman–Crippen MR) is 119 cm³/mol. The maximum Gasteiger partial charge on any atom is 0.416 e. The van der Waals surface area contributed by atoms with Gasteiger partial charge in [0.15, 0.2) is 5.82 Å². The van der Waals surface area contributed by atoms with Crippen molar-refractivity contribution in [3.05, 3.63) is 71.7 Å². The lowest BCUT2D eigenvalue weighted by molar-refractivity contribution is -0.137. The molecule has 0 unspecified atom stereocenters. The SMILES string of the molecule is Cc1cc(-c2ncc3cc(C(F)(F)F)ccc3n2)ccc1N(C)C(=O)c1ccnn1CC(N)=O. The number of primary amides is 1. The number of hydrogen-bond acceptors (Lipinski definition) is 5. The lowest BCUT2D eigenvalue weighted by Gasteiger charge is -2.20. The van der Waals surface area contributed by atoms with E-state index in [4.69, 9.17) is 5.73 Å². The van der Waals surface area contributed by atoms with E-state index in [-0.39, 0.29) is 23.5 Å². The molecular formula is C23H19F3N6O2. The molecule has 0 saturated heterocycles. The van der Waals surface area contributed by atoms with Crippen LogP contribution < -0.4 is 10.6 Å². The molecule has 34 heavy (non-hydrogen) atoms. The highest BCUT2D eigenvalue weighted by atomic mass is 19.4. The maximum absolute atomic E-state index is 13.0. The Labute approximate surface area is 191 Å². The molecule has 2 aromatic heterocycles. The Morgan fingerprint density at radius 1 is 1.12 bits per heavy atom. The van der Waals surface area contributed by atoms with Crippen LogP contribution in [-0.2, 0) is 17.5 Å². The summed E-state index contributed by atoms with van der Waals surface area (Å²) in [7, 11) is 1.59. The summed E-state index contributed by atoms with van der Waals surface area (Å²) in [6, 6.07) is 10.0. The second-order valence-corrected chi connectivity index (χ2v) is 7.67. The molecule has 0 aliphatic heterocycles. The van der Waals surface area contributed by atoms with Crippen LogP contribution in [0.15, 0.2) is 54.9 Å². The minimum absolute atomic E-state index is 0.209. The quantitative estimate of drug-likeness (QED) is 0.482. The lowest BCUT2D eigenvalue weighted by atomic mass is 10.1. The molecule has 4 rings (SSSR count).